The first-order valence-corrected chi connectivity index (χ1v) is 5.17. The molecule has 0 unspecified atom stereocenters. The van der Waals surface area contributed by atoms with Crippen molar-refractivity contribution in [2.24, 2.45) is 0 Å². The second-order valence-electron chi connectivity index (χ2n) is 3.29. The van der Waals surface area contributed by atoms with Gasteiger partial charge in [-0.25, -0.2) is 0 Å². The van der Waals surface area contributed by atoms with E-state index in [1.807, 2.05) is 13.0 Å². The van der Waals surface area contributed by atoms with Crippen LogP contribution in [0.1, 0.15) is 18.9 Å². The number of carbonyl (C=O) groups is 1. The molecule has 1 rings (SSSR count). The number of carboxylic acid groups (broad SMARTS) is 1. The first kappa shape index (κ1) is 16.3. The van der Waals surface area contributed by atoms with Gasteiger partial charge in [0.05, 0.1) is 13.7 Å². The Kier molecular flexibility index (Phi) is 8.04. The molecule has 0 N–H and O–H groups in total. The van der Waals surface area contributed by atoms with Crippen LogP contribution in [0.5, 0.6) is 11.5 Å². The molecule has 4 nitrogen and oxygen atoms in total. The number of methoxy groups -OCH3 is 1. The predicted molar refractivity (Wildman–Crippen MR) is 57.5 cm³/mol. The average Bonchev–Trinajstić information content (AvgIpc) is 2.27. The molecule has 88 valence electrons. The zero-order valence-corrected chi connectivity index (χ0v) is 12.5. The van der Waals surface area contributed by atoms with Gasteiger partial charge in [0.15, 0.2) is 11.5 Å². The summed E-state index contributed by atoms with van der Waals surface area (Å²) in [6.07, 6.45) is 0.449. The summed E-state index contributed by atoms with van der Waals surface area (Å²) in [4.78, 5) is 10.3. The second kappa shape index (κ2) is 8.39. The van der Waals surface area contributed by atoms with E-state index in [9.17, 15) is 9.90 Å². The number of carboxylic acids is 1. The smallest absolute Gasteiger partial charge is 0.550 e. The van der Waals surface area contributed by atoms with E-state index in [1.54, 1.807) is 19.2 Å². The molecule has 0 atom stereocenters. The Morgan fingerprint density at radius 2 is 2.06 bits per heavy atom. The van der Waals surface area contributed by atoms with Crippen LogP contribution in [0.15, 0.2) is 18.2 Å². The molecule has 0 radical (unpaired) electrons. The van der Waals surface area contributed by atoms with E-state index >= 15 is 0 Å². The molecule has 0 fully saturated rings. The van der Waals surface area contributed by atoms with Gasteiger partial charge in [0.1, 0.15) is 0 Å². The molecule has 0 aromatic heterocycles. The minimum absolute atomic E-state index is 0. The van der Waals surface area contributed by atoms with E-state index in [0.29, 0.717) is 24.5 Å². The fourth-order valence-electron chi connectivity index (χ4n) is 1.39. The fraction of sp³-hybridized carbons (Fsp3) is 0.417. The summed E-state index contributed by atoms with van der Waals surface area (Å²) >= 11 is 0. The quantitative estimate of drug-likeness (QED) is 0.534. The van der Waals surface area contributed by atoms with E-state index in [-0.39, 0.29) is 36.0 Å². The average molecular weight is 246 g/mol. The monoisotopic (exact) mass is 246 g/mol. The van der Waals surface area contributed by atoms with Crippen molar-refractivity contribution in [1.82, 2.24) is 0 Å². The molecule has 0 amide bonds. The van der Waals surface area contributed by atoms with E-state index in [0.717, 1.165) is 5.56 Å². The molecule has 0 saturated carbocycles. The minimum atomic E-state index is -1.05. The molecule has 1 aromatic rings. The molecule has 0 spiro atoms. The molecule has 17 heavy (non-hydrogen) atoms. The molecule has 0 bridgehead atoms. The van der Waals surface area contributed by atoms with E-state index in [2.05, 4.69) is 0 Å². The summed E-state index contributed by atoms with van der Waals surface area (Å²) in [6.45, 7) is 2.42. The van der Waals surface area contributed by atoms with Gasteiger partial charge in [-0.15, -0.1) is 0 Å². The van der Waals surface area contributed by atoms with Crippen LogP contribution in [-0.4, -0.2) is 19.7 Å². The summed E-state index contributed by atoms with van der Waals surface area (Å²) in [5, 5.41) is 10.3. The van der Waals surface area contributed by atoms with Crippen molar-refractivity contribution in [1.29, 1.82) is 0 Å². The molecule has 1 aromatic carbocycles. The number of ether oxygens (including phenoxy) is 2. The van der Waals surface area contributed by atoms with Gasteiger partial charge >= 0.3 is 29.6 Å². The summed E-state index contributed by atoms with van der Waals surface area (Å²) in [6, 6.07) is 5.39. The van der Waals surface area contributed by atoms with Crippen LogP contribution in [0.2, 0.25) is 0 Å². The summed E-state index contributed by atoms with van der Waals surface area (Å²) in [5.74, 6) is 0.244. The van der Waals surface area contributed by atoms with E-state index in [1.165, 1.54) is 0 Å². The van der Waals surface area contributed by atoms with Crippen molar-refractivity contribution in [3.05, 3.63) is 23.8 Å². The second-order valence-corrected chi connectivity index (χ2v) is 3.29. The molecular formula is C12H15NaO4. The molecule has 0 aliphatic heterocycles. The molecular weight excluding hydrogens is 231 g/mol. The van der Waals surface area contributed by atoms with Gasteiger partial charge in [-0.2, -0.15) is 0 Å². The summed E-state index contributed by atoms with van der Waals surface area (Å²) in [7, 11) is 1.57. The van der Waals surface area contributed by atoms with Gasteiger partial charge in [-0.05, 0) is 37.5 Å². The van der Waals surface area contributed by atoms with Crippen LogP contribution in [0.3, 0.4) is 0 Å². The van der Waals surface area contributed by atoms with Crippen LogP contribution in [0.4, 0.5) is 0 Å². The number of hydrogen-bond acceptors (Lipinski definition) is 4. The van der Waals surface area contributed by atoms with E-state index < -0.39 is 5.97 Å². The van der Waals surface area contributed by atoms with Crippen LogP contribution in [0, 0.1) is 0 Å². The van der Waals surface area contributed by atoms with Gasteiger partial charge in [-0.3, -0.25) is 0 Å². The van der Waals surface area contributed by atoms with Crippen LogP contribution < -0.4 is 44.1 Å². The maximum absolute atomic E-state index is 10.3. The number of aryl methyl sites for hydroxylation is 1. The minimum Gasteiger partial charge on any atom is -0.550 e. The Hall–Kier alpha value is -0.710. The maximum Gasteiger partial charge on any atom is 1.00 e. The van der Waals surface area contributed by atoms with Gasteiger partial charge in [-0.1, -0.05) is 6.07 Å². The molecule has 0 aliphatic carbocycles. The SMILES string of the molecule is CCOc1cc(CCC(=O)[O-])ccc1OC.[Na+]. The maximum atomic E-state index is 10.3. The van der Waals surface area contributed by atoms with Crippen LogP contribution >= 0.6 is 0 Å². The number of hydrogen-bond donors (Lipinski definition) is 0. The molecule has 0 heterocycles. The van der Waals surface area contributed by atoms with Crippen molar-refractivity contribution in [3.8, 4) is 11.5 Å². The number of aliphatic carboxylic acids is 1. The fourth-order valence-corrected chi connectivity index (χ4v) is 1.39. The van der Waals surface area contributed by atoms with Crippen molar-refractivity contribution >= 4 is 5.97 Å². The first-order chi connectivity index (χ1) is 7.67. The zero-order chi connectivity index (χ0) is 12.0. The van der Waals surface area contributed by atoms with Crippen molar-refractivity contribution in [2.75, 3.05) is 13.7 Å². The van der Waals surface area contributed by atoms with Crippen molar-refractivity contribution < 1.29 is 48.9 Å². The van der Waals surface area contributed by atoms with Gasteiger partial charge in [0.2, 0.25) is 0 Å². The number of benzene rings is 1. The summed E-state index contributed by atoms with van der Waals surface area (Å²) in [5.41, 5.74) is 0.897. The van der Waals surface area contributed by atoms with Crippen LogP contribution in [0.25, 0.3) is 0 Å². The van der Waals surface area contributed by atoms with Crippen LogP contribution in [-0.2, 0) is 11.2 Å². The predicted octanol–water partition coefficient (Wildman–Crippen LogP) is -2.22. The van der Waals surface area contributed by atoms with Gasteiger partial charge in [0, 0.05) is 5.97 Å². The molecule has 5 heteroatoms. The Morgan fingerprint density at radius 1 is 1.35 bits per heavy atom. The molecule has 0 saturated heterocycles. The van der Waals surface area contributed by atoms with Gasteiger partial charge in [0.25, 0.3) is 0 Å². The first-order valence-electron chi connectivity index (χ1n) is 5.17. The Balaban J connectivity index is 0.00000256. The Labute approximate surface area is 123 Å². The normalized spacial score (nSPS) is 9.29. The Bertz CT molecular complexity index is 366. The third-order valence-electron chi connectivity index (χ3n) is 2.15. The topological polar surface area (TPSA) is 58.6 Å². The zero-order valence-electron chi connectivity index (χ0n) is 10.5. The molecule has 0 aliphatic rings. The number of rotatable bonds is 6. The van der Waals surface area contributed by atoms with Crippen molar-refractivity contribution in [3.63, 3.8) is 0 Å². The van der Waals surface area contributed by atoms with Gasteiger partial charge < -0.3 is 19.4 Å². The largest absolute Gasteiger partial charge is 1.00 e. The third kappa shape index (κ3) is 5.44. The number of carbonyl (C=O) groups excluding carboxylic acids is 1. The van der Waals surface area contributed by atoms with Crippen molar-refractivity contribution in [2.45, 2.75) is 19.8 Å². The van der Waals surface area contributed by atoms with E-state index in [4.69, 9.17) is 9.47 Å². The third-order valence-corrected chi connectivity index (χ3v) is 2.15. The Morgan fingerprint density at radius 3 is 2.59 bits per heavy atom. The summed E-state index contributed by atoms with van der Waals surface area (Å²) < 4.78 is 10.5. The standard InChI is InChI=1S/C12H16O4.Na/c1-3-16-11-8-9(5-7-12(13)14)4-6-10(11)15-2;/h4,6,8H,3,5,7H2,1-2H3,(H,13,14);/q;+1/p-1.